The molecular formula is C32H43NO4. The fraction of sp³-hybridized carbons (Fsp3) is 0.656. The third kappa shape index (κ3) is 4.46. The lowest BCUT2D eigenvalue weighted by atomic mass is 9.69. The topological polar surface area (TPSA) is 60.8 Å². The average Bonchev–Trinajstić information content (AvgIpc) is 3.17. The summed E-state index contributed by atoms with van der Waals surface area (Å²) in [7, 11) is 0. The summed E-state index contributed by atoms with van der Waals surface area (Å²) in [5, 5.41) is 11.6. The molecule has 1 spiro atoms. The molecule has 1 aromatic carbocycles. The van der Waals surface area contributed by atoms with Gasteiger partial charge in [0.05, 0.1) is 17.4 Å². The van der Waals surface area contributed by atoms with Crippen LogP contribution in [-0.4, -0.2) is 36.5 Å². The molecule has 0 saturated carbocycles. The highest BCUT2D eigenvalue weighted by Crippen LogP contribution is 2.58. The molecule has 2 fully saturated rings. The average molecular weight is 506 g/mol. The van der Waals surface area contributed by atoms with Crippen molar-refractivity contribution in [2.24, 2.45) is 5.41 Å². The van der Waals surface area contributed by atoms with Gasteiger partial charge in [0.15, 0.2) is 0 Å². The van der Waals surface area contributed by atoms with Crippen molar-refractivity contribution in [1.82, 2.24) is 4.98 Å². The lowest BCUT2D eigenvalue weighted by Crippen LogP contribution is -2.37. The molecule has 6 rings (SSSR count). The van der Waals surface area contributed by atoms with E-state index in [-0.39, 0.29) is 16.9 Å². The second kappa shape index (κ2) is 9.15. The van der Waals surface area contributed by atoms with Crippen LogP contribution in [0.1, 0.15) is 124 Å². The van der Waals surface area contributed by atoms with Crippen LogP contribution in [0.25, 0.3) is 0 Å². The predicted octanol–water partition coefficient (Wildman–Crippen LogP) is 6.40. The van der Waals surface area contributed by atoms with Gasteiger partial charge in [-0.3, -0.25) is 4.98 Å². The molecular weight excluding hydrogens is 462 g/mol. The molecule has 37 heavy (non-hydrogen) atoms. The highest BCUT2D eigenvalue weighted by Gasteiger charge is 2.52. The van der Waals surface area contributed by atoms with Gasteiger partial charge in [0.2, 0.25) is 0 Å². The van der Waals surface area contributed by atoms with Gasteiger partial charge < -0.3 is 19.3 Å². The van der Waals surface area contributed by atoms with Crippen LogP contribution in [0.2, 0.25) is 0 Å². The first-order valence-corrected chi connectivity index (χ1v) is 14.3. The van der Waals surface area contributed by atoms with E-state index in [0.717, 1.165) is 63.0 Å². The summed E-state index contributed by atoms with van der Waals surface area (Å²) in [4.78, 5) is 5.44. The molecule has 0 bridgehead atoms. The summed E-state index contributed by atoms with van der Waals surface area (Å²) < 4.78 is 18.8. The number of ether oxygens (including phenoxy) is 3. The normalized spacial score (nSPS) is 27.2. The molecule has 200 valence electrons. The summed E-state index contributed by atoms with van der Waals surface area (Å²) in [5.41, 5.74) is 7.99. The smallest absolute Gasteiger partial charge is 0.111 e. The van der Waals surface area contributed by atoms with Gasteiger partial charge >= 0.3 is 0 Å². The summed E-state index contributed by atoms with van der Waals surface area (Å²) in [6.45, 7) is 14.2. The molecule has 1 aliphatic carbocycles. The van der Waals surface area contributed by atoms with E-state index in [1.54, 1.807) is 0 Å². The Labute approximate surface area is 221 Å². The van der Waals surface area contributed by atoms with Crippen LogP contribution >= 0.6 is 0 Å². The number of pyridine rings is 1. The molecule has 3 aliphatic heterocycles. The van der Waals surface area contributed by atoms with Crippen molar-refractivity contribution in [3.8, 4) is 0 Å². The number of hydrogen-bond donors (Lipinski definition) is 1. The zero-order chi connectivity index (χ0) is 26.0. The van der Waals surface area contributed by atoms with Crippen molar-refractivity contribution in [3.05, 3.63) is 63.5 Å². The Kier molecular flexibility index (Phi) is 6.30. The SMILES string of the molecule is CC1(C)Cc2nc(C3CCOCC3)c3c(c2[C@@H](O)C1)C1(CCOCC1)O[C@@H]3c1ccc(C(C)(C)C)cc1. The lowest BCUT2D eigenvalue weighted by molar-refractivity contribution is -0.122. The summed E-state index contributed by atoms with van der Waals surface area (Å²) in [6, 6.07) is 9.01. The van der Waals surface area contributed by atoms with E-state index < -0.39 is 11.7 Å². The summed E-state index contributed by atoms with van der Waals surface area (Å²) >= 11 is 0. The molecule has 1 N–H and O–H groups in total. The number of nitrogens with zero attached hydrogens (tertiary/aromatic N) is 1. The molecule has 5 nitrogen and oxygen atoms in total. The third-order valence-electron chi connectivity index (χ3n) is 9.16. The molecule has 0 unspecified atom stereocenters. The van der Waals surface area contributed by atoms with Gasteiger partial charge in [-0.05, 0) is 53.2 Å². The lowest BCUT2D eigenvalue weighted by Gasteiger charge is -2.40. The van der Waals surface area contributed by atoms with Gasteiger partial charge in [0, 0.05) is 62.0 Å². The molecule has 2 saturated heterocycles. The van der Waals surface area contributed by atoms with Crippen LogP contribution in [0, 0.1) is 5.41 Å². The van der Waals surface area contributed by atoms with Crippen LogP contribution < -0.4 is 0 Å². The highest BCUT2D eigenvalue weighted by molar-refractivity contribution is 5.54. The van der Waals surface area contributed by atoms with Gasteiger partial charge in [0.25, 0.3) is 0 Å². The van der Waals surface area contributed by atoms with Crippen molar-refractivity contribution >= 4 is 0 Å². The molecule has 4 heterocycles. The Morgan fingerprint density at radius 2 is 1.57 bits per heavy atom. The van der Waals surface area contributed by atoms with Crippen molar-refractivity contribution in [3.63, 3.8) is 0 Å². The fourth-order valence-corrected chi connectivity index (χ4v) is 7.17. The monoisotopic (exact) mass is 505 g/mol. The Bertz CT molecular complexity index is 1150. The first-order valence-electron chi connectivity index (χ1n) is 14.3. The molecule has 2 atom stereocenters. The number of hydrogen-bond acceptors (Lipinski definition) is 5. The van der Waals surface area contributed by atoms with Crippen LogP contribution in [-0.2, 0) is 31.6 Å². The minimum atomic E-state index is -0.519. The van der Waals surface area contributed by atoms with Gasteiger partial charge in [-0.1, -0.05) is 58.9 Å². The zero-order valence-corrected chi connectivity index (χ0v) is 23.2. The maximum absolute atomic E-state index is 11.6. The van der Waals surface area contributed by atoms with Crippen LogP contribution in [0.5, 0.6) is 0 Å². The van der Waals surface area contributed by atoms with E-state index >= 15 is 0 Å². The highest BCUT2D eigenvalue weighted by atomic mass is 16.5. The van der Waals surface area contributed by atoms with Crippen molar-refractivity contribution in [2.75, 3.05) is 26.4 Å². The number of aromatic nitrogens is 1. The molecule has 1 aromatic heterocycles. The number of rotatable bonds is 2. The number of benzene rings is 1. The van der Waals surface area contributed by atoms with E-state index in [2.05, 4.69) is 58.9 Å². The number of aliphatic hydroxyl groups excluding tert-OH is 1. The minimum absolute atomic E-state index is 0.0189. The van der Waals surface area contributed by atoms with Gasteiger partial charge in [-0.25, -0.2) is 0 Å². The minimum Gasteiger partial charge on any atom is -0.388 e. The molecule has 0 radical (unpaired) electrons. The van der Waals surface area contributed by atoms with Crippen molar-refractivity contribution in [1.29, 1.82) is 0 Å². The van der Waals surface area contributed by atoms with Gasteiger partial charge in [0.1, 0.15) is 6.10 Å². The van der Waals surface area contributed by atoms with E-state index in [0.29, 0.717) is 19.1 Å². The predicted molar refractivity (Wildman–Crippen MR) is 144 cm³/mol. The first kappa shape index (κ1) is 25.5. The number of fused-ring (bicyclic) bond motifs is 4. The largest absolute Gasteiger partial charge is 0.388 e. The summed E-state index contributed by atoms with van der Waals surface area (Å²) in [6.07, 6.45) is 4.54. The molecule has 4 aliphatic rings. The third-order valence-corrected chi connectivity index (χ3v) is 9.16. The Hall–Kier alpha value is -1.79. The van der Waals surface area contributed by atoms with Crippen molar-refractivity contribution < 1.29 is 19.3 Å². The van der Waals surface area contributed by atoms with E-state index in [1.165, 1.54) is 27.9 Å². The standard InChI is InChI=1S/C32H43NO4/c1-30(2,3)22-8-6-21(7-9-22)29-26-27(32(37-29)12-16-36-17-13-32)25-23(18-31(4,5)19-24(25)34)33-28(26)20-10-14-35-15-11-20/h6-9,20,24,29,34H,10-19H2,1-5H3/t24-,29+/m0/s1. The van der Waals surface area contributed by atoms with Crippen LogP contribution in [0.15, 0.2) is 24.3 Å². The van der Waals surface area contributed by atoms with Crippen LogP contribution in [0.3, 0.4) is 0 Å². The molecule has 0 amide bonds. The maximum Gasteiger partial charge on any atom is 0.111 e. The van der Waals surface area contributed by atoms with Gasteiger partial charge in [-0.15, -0.1) is 0 Å². The van der Waals surface area contributed by atoms with E-state index in [1.807, 2.05) is 0 Å². The van der Waals surface area contributed by atoms with Crippen molar-refractivity contribution in [2.45, 2.75) is 102 Å². The second-order valence-electron chi connectivity index (χ2n) is 13.6. The zero-order valence-electron chi connectivity index (χ0n) is 23.2. The Morgan fingerprint density at radius 1 is 0.919 bits per heavy atom. The first-order chi connectivity index (χ1) is 17.6. The van der Waals surface area contributed by atoms with E-state index in [4.69, 9.17) is 19.2 Å². The maximum atomic E-state index is 11.6. The summed E-state index contributed by atoms with van der Waals surface area (Å²) in [5.74, 6) is 0.352. The Morgan fingerprint density at radius 3 is 2.22 bits per heavy atom. The van der Waals surface area contributed by atoms with E-state index in [9.17, 15) is 5.11 Å². The second-order valence-corrected chi connectivity index (χ2v) is 13.6. The van der Waals surface area contributed by atoms with Gasteiger partial charge in [-0.2, -0.15) is 0 Å². The molecule has 2 aromatic rings. The fourth-order valence-electron chi connectivity index (χ4n) is 7.17. The quantitative estimate of drug-likeness (QED) is 0.511. The number of aliphatic hydroxyl groups is 1. The van der Waals surface area contributed by atoms with Crippen LogP contribution in [0.4, 0.5) is 0 Å². The Balaban J connectivity index is 1.58. The molecule has 5 heteroatoms.